The smallest absolute Gasteiger partial charge is 0.326 e. The Balaban J connectivity index is 2.12. The van der Waals surface area contributed by atoms with E-state index in [1.807, 2.05) is 6.92 Å². The van der Waals surface area contributed by atoms with Gasteiger partial charge in [-0.3, -0.25) is 0 Å². The first-order valence-electron chi connectivity index (χ1n) is 6.05. The molecule has 102 valence electrons. The third kappa shape index (κ3) is 2.98. The molecule has 1 saturated heterocycles. The molecule has 6 heteroatoms. The minimum Gasteiger partial charge on any atom is -0.480 e. The number of carbonyl (C=O) groups is 2. The van der Waals surface area contributed by atoms with Crippen molar-refractivity contribution in [2.75, 3.05) is 11.9 Å². The van der Waals surface area contributed by atoms with Crippen LogP contribution >= 0.6 is 11.6 Å². The van der Waals surface area contributed by atoms with Crippen molar-refractivity contribution >= 4 is 29.3 Å². The van der Waals surface area contributed by atoms with E-state index in [-0.39, 0.29) is 0 Å². The number of carboxylic acids is 1. The molecule has 1 aliphatic heterocycles. The molecule has 0 spiro atoms. The van der Waals surface area contributed by atoms with E-state index in [0.717, 1.165) is 5.56 Å². The Morgan fingerprint density at radius 1 is 1.47 bits per heavy atom. The summed E-state index contributed by atoms with van der Waals surface area (Å²) < 4.78 is 0. The Labute approximate surface area is 116 Å². The van der Waals surface area contributed by atoms with Crippen LogP contribution in [-0.2, 0) is 4.79 Å². The van der Waals surface area contributed by atoms with Crippen LogP contribution < -0.4 is 5.32 Å². The van der Waals surface area contributed by atoms with E-state index in [4.69, 9.17) is 16.7 Å². The SMILES string of the molecule is Cc1ccc(Cl)cc1NC(=O)N1CCC[C@H]1C(=O)O. The summed E-state index contributed by atoms with van der Waals surface area (Å²) >= 11 is 5.88. The van der Waals surface area contributed by atoms with Crippen molar-refractivity contribution in [2.45, 2.75) is 25.8 Å². The highest BCUT2D eigenvalue weighted by molar-refractivity contribution is 6.31. The second kappa shape index (κ2) is 5.48. The van der Waals surface area contributed by atoms with Crippen LogP contribution in [0.2, 0.25) is 5.02 Å². The minimum absolute atomic E-state index is 0.393. The van der Waals surface area contributed by atoms with Crippen LogP contribution in [0.15, 0.2) is 18.2 Å². The van der Waals surface area contributed by atoms with Gasteiger partial charge in [0.15, 0.2) is 0 Å². The van der Waals surface area contributed by atoms with Gasteiger partial charge in [-0.2, -0.15) is 0 Å². The molecular formula is C13H15ClN2O3. The van der Waals surface area contributed by atoms with Crippen molar-refractivity contribution in [3.8, 4) is 0 Å². The molecule has 2 amide bonds. The largest absolute Gasteiger partial charge is 0.480 e. The van der Waals surface area contributed by atoms with Gasteiger partial charge in [0.2, 0.25) is 0 Å². The molecule has 1 heterocycles. The van der Waals surface area contributed by atoms with Gasteiger partial charge >= 0.3 is 12.0 Å². The summed E-state index contributed by atoms with van der Waals surface area (Å²) in [7, 11) is 0. The first-order valence-corrected chi connectivity index (χ1v) is 6.43. The van der Waals surface area contributed by atoms with E-state index < -0.39 is 18.0 Å². The second-order valence-electron chi connectivity index (χ2n) is 4.58. The van der Waals surface area contributed by atoms with E-state index in [9.17, 15) is 9.59 Å². The van der Waals surface area contributed by atoms with Gasteiger partial charge in [0.1, 0.15) is 6.04 Å². The lowest BCUT2D eigenvalue weighted by molar-refractivity contribution is -0.141. The first-order chi connectivity index (χ1) is 8.99. The molecule has 1 aromatic carbocycles. The summed E-state index contributed by atoms with van der Waals surface area (Å²) in [4.78, 5) is 24.5. The topological polar surface area (TPSA) is 69.6 Å². The number of urea groups is 1. The summed E-state index contributed by atoms with van der Waals surface area (Å²) in [6.07, 6.45) is 1.20. The molecule has 0 radical (unpaired) electrons. The van der Waals surface area contributed by atoms with Crippen molar-refractivity contribution in [3.05, 3.63) is 28.8 Å². The number of carboxylic acid groups (broad SMARTS) is 1. The number of aliphatic carboxylic acids is 1. The number of hydrogen-bond donors (Lipinski definition) is 2. The van der Waals surface area contributed by atoms with E-state index in [1.165, 1.54) is 4.90 Å². The number of hydrogen-bond acceptors (Lipinski definition) is 2. The van der Waals surface area contributed by atoms with Gasteiger partial charge in [0.25, 0.3) is 0 Å². The minimum atomic E-state index is -0.963. The zero-order chi connectivity index (χ0) is 14.0. The number of aryl methyl sites for hydroxylation is 1. The average molecular weight is 283 g/mol. The van der Waals surface area contributed by atoms with Gasteiger partial charge in [-0.25, -0.2) is 9.59 Å². The highest BCUT2D eigenvalue weighted by Gasteiger charge is 2.34. The fourth-order valence-electron chi connectivity index (χ4n) is 2.18. The Bertz CT molecular complexity index is 519. The van der Waals surface area contributed by atoms with Crippen molar-refractivity contribution in [2.24, 2.45) is 0 Å². The molecule has 1 aromatic rings. The second-order valence-corrected chi connectivity index (χ2v) is 5.02. The normalized spacial score (nSPS) is 18.4. The maximum atomic E-state index is 12.1. The van der Waals surface area contributed by atoms with E-state index in [1.54, 1.807) is 18.2 Å². The van der Waals surface area contributed by atoms with Crippen molar-refractivity contribution < 1.29 is 14.7 Å². The maximum Gasteiger partial charge on any atom is 0.326 e. The Morgan fingerprint density at radius 2 is 2.21 bits per heavy atom. The Morgan fingerprint density at radius 3 is 2.89 bits per heavy atom. The standard InChI is InChI=1S/C13H15ClN2O3/c1-8-4-5-9(14)7-10(8)15-13(19)16-6-2-3-11(16)12(17)18/h4-5,7,11H,2-3,6H2,1H3,(H,15,19)(H,17,18)/t11-/m0/s1. The number of nitrogens with zero attached hydrogens (tertiary/aromatic N) is 1. The summed E-state index contributed by atoms with van der Waals surface area (Å²) in [5.74, 6) is -0.963. The fourth-order valence-corrected chi connectivity index (χ4v) is 2.35. The molecule has 5 nitrogen and oxygen atoms in total. The molecule has 0 saturated carbocycles. The molecule has 0 aromatic heterocycles. The maximum absolute atomic E-state index is 12.1. The van der Waals surface area contributed by atoms with Crippen LogP contribution in [0, 0.1) is 6.92 Å². The predicted octanol–water partition coefficient (Wildman–Crippen LogP) is 2.73. The van der Waals surface area contributed by atoms with Crippen LogP contribution in [0.4, 0.5) is 10.5 Å². The number of benzene rings is 1. The summed E-state index contributed by atoms with van der Waals surface area (Å²) in [5.41, 5.74) is 1.48. The number of anilines is 1. The van der Waals surface area contributed by atoms with Gasteiger partial charge in [-0.1, -0.05) is 17.7 Å². The van der Waals surface area contributed by atoms with Gasteiger partial charge in [-0.05, 0) is 37.5 Å². The predicted molar refractivity (Wildman–Crippen MR) is 72.6 cm³/mol. The lowest BCUT2D eigenvalue weighted by atomic mass is 10.2. The first kappa shape index (κ1) is 13.7. The van der Waals surface area contributed by atoms with Crippen molar-refractivity contribution in [1.29, 1.82) is 0 Å². The van der Waals surface area contributed by atoms with E-state index in [0.29, 0.717) is 30.1 Å². The lowest BCUT2D eigenvalue weighted by Crippen LogP contribution is -2.42. The summed E-state index contributed by atoms with van der Waals surface area (Å²) in [6.45, 7) is 2.31. The number of nitrogens with one attached hydrogen (secondary N) is 1. The molecule has 1 atom stereocenters. The molecule has 1 fully saturated rings. The van der Waals surface area contributed by atoms with Gasteiger partial charge < -0.3 is 15.3 Å². The third-order valence-corrected chi connectivity index (χ3v) is 3.48. The molecular weight excluding hydrogens is 268 g/mol. The number of amides is 2. The third-order valence-electron chi connectivity index (χ3n) is 3.24. The number of carbonyl (C=O) groups excluding carboxylic acids is 1. The lowest BCUT2D eigenvalue weighted by Gasteiger charge is -2.22. The molecule has 0 aliphatic carbocycles. The monoisotopic (exact) mass is 282 g/mol. The zero-order valence-corrected chi connectivity index (χ0v) is 11.3. The van der Waals surface area contributed by atoms with Crippen LogP contribution in [0.5, 0.6) is 0 Å². The van der Waals surface area contributed by atoms with E-state index >= 15 is 0 Å². The number of likely N-dealkylation sites (tertiary alicyclic amines) is 1. The molecule has 2 rings (SSSR count). The Hall–Kier alpha value is -1.75. The van der Waals surface area contributed by atoms with Gasteiger partial charge in [0, 0.05) is 17.3 Å². The van der Waals surface area contributed by atoms with Crippen molar-refractivity contribution in [3.63, 3.8) is 0 Å². The number of rotatable bonds is 2. The van der Waals surface area contributed by atoms with Crippen LogP contribution in [0.3, 0.4) is 0 Å². The number of halogens is 1. The molecule has 19 heavy (non-hydrogen) atoms. The molecule has 2 N–H and O–H groups in total. The average Bonchev–Trinajstić information content (AvgIpc) is 2.83. The zero-order valence-electron chi connectivity index (χ0n) is 10.5. The molecule has 1 aliphatic rings. The van der Waals surface area contributed by atoms with Crippen LogP contribution in [-0.4, -0.2) is 34.6 Å². The molecule has 0 unspecified atom stereocenters. The summed E-state index contributed by atoms with van der Waals surface area (Å²) in [6, 6.07) is 4.06. The van der Waals surface area contributed by atoms with Crippen LogP contribution in [0.1, 0.15) is 18.4 Å². The summed E-state index contributed by atoms with van der Waals surface area (Å²) in [5, 5.41) is 12.3. The highest BCUT2D eigenvalue weighted by atomic mass is 35.5. The highest BCUT2D eigenvalue weighted by Crippen LogP contribution is 2.23. The molecule has 0 bridgehead atoms. The fraction of sp³-hybridized carbons (Fsp3) is 0.385. The van der Waals surface area contributed by atoms with Gasteiger partial charge in [0.05, 0.1) is 0 Å². The quantitative estimate of drug-likeness (QED) is 0.876. The van der Waals surface area contributed by atoms with Crippen molar-refractivity contribution in [1.82, 2.24) is 4.90 Å². The van der Waals surface area contributed by atoms with E-state index in [2.05, 4.69) is 5.32 Å². The Kier molecular flexibility index (Phi) is 3.95. The van der Waals surface area contributed by atoms with Gasteiger partial charge in [-0.15, -0.1) is 0 Å². The van der Waals surface area contributed by atoms with Crippen LogP contribution in [0.25, 0.3) is 0 Å².